The minimum Gasteiger partial charge on any atom is -0.490 e. The summed E-state index contributed by atoms with van der Waals surface area (Å²) in [6.07, 6.45) is 0. The maximum Gasteiger partial charge on any atom is 0.268 e. The first kappa shape index (κ1) is 31.3. The Morgan fingerprint density at radius 3 is 1.80 bits per heavy atom. The van der Waals surface area contributed by atoms with Gasteiger partial charge in [-0.15, -0.1) is 0 Å². The van der Waals surface area contributed by atoms with Crippen molar-refractivity contribution < 1.29 is 9.47 Å². The first-order chi connectivity index (χ1) is 22.2. The number of aromatic nitrogens is 4. The summed E-state index contributed by atoms with van der Waals surface area (Å²) in [5, 5.41) is 12.3. The third-order valence-corrected chi connectivity index (χ3v) is 8.84. The first-order valence-corrected chi connectivity index (χ1v) is 16.0. The van der Waals surface area contributed by atoms with Crippen molar-refractivity contribution in [1.82, 2.24) is 20.4 Å². The molecule has 4 aromatic carbocycles. The highest BCUT2D eigenvalue weighted by Gasteiger charge is 2.32. The van der Waals surface area contributed by atoms with Gasteiger partial charge in [0, 0.05) is 16.5 Å². The van der Waals surface area contributed by atoms with Crippen LogP contribution in [0.5, 0.6) is 11.5 Å². The summed E-state index contributed by atoms with van der Waals surface area (Å²) in [6, 6.07) is 26.9. The normalized spacial score (nSPS) is 11.3. The molecule has 0 aliphatic heterocycles. The molecule has 46 heavy (non-hydrogen) atoms. The highest BCUT2D eigenvalue weighted by atomic mass is 79.9. The molecule has 2 heterocycles. The number of hydrogen-bond acceptors (Lipinski definition) is 4. The molecule has 10 heteroatoms. The average molecular weight is 700 g/mol. The van der Waals surface area contributed by atoms with E-state index >= 15 is 0 Å². The van der Waals surface area contributed by atoms with Crippen LogP contribution < -0.4 is 20.6 Å². The number of nitrogens with one attached hydrogen (secondary N) is 4. The Morgan fingerprint density at radius 1 is 0.739 bits per heavy atom. The zero-order chi connectivity index (χ0) is 32.4. The second kappa shape index (κ2) is 13.3. The van der Waals surface area contributed by atoms with Gasteiger partial charge in [0.05, 0.1) is 33.6 Å². The van der Waals surface area contributed by atoms with Crippen molar-refractivity contribution >= 4 is 27.5 Å². The standard InChI is InChI=1S/C36H32BrClN4O4/c1-4-45-28-18-25(17-26(37)34(28)46-19-24-7-5-6-8-27(24)38)29(30-32(39-41-35(30)43)22-13-9-20(2)10-14-22)31-33(40-42-36(31)44)23-15-11-21(3)12-16-23/h5-18,29H,4,19H2,1-3H3,(H2,39,41,43)(H2,40,42,44). The SMILES string of the molecule is CCOc1cc(C(c2c(-c3ccc(C)cc3)[nH][nH]c2=O)c2c(-c3ccc(C)cc3)[nH][nH]c2=O)cc(Br)c1OCc1ccccc1Cl. The van der Waals surface area contributed by atoms with Gasteiger partial charge in [0.15, 0.2) is 11.5 Å². The van der Waals surface area contributed by atoms with E-state index in [0.717, 1.165) is 27.8 Å². The number of aryl methyl sites for hydroxylation is 2. The number of hydrogen-bond donors (Lipinski definition) is 4. The minimum atomic E-state index is -0.814. The molecule has 0 bridgehead atoms. The van der Waals surface area contributed by atoms with Gasteiger partial charge in [-0.1, -0.05) is 89.5 Å². The molecule has 4 N–H and O–H groups in total. The molecule has 0 aliphatic rings. The summed E-state index contributed by atoms with van der Waals surface area (Å²) in [5.74, 6) is 0.120. The molecule has 0 unspecified atom stereocenters. The van der Waals surface area contributed by atoms with Gasteiger partial charge in [-0.3, -0.25) is 30.0 Å². The Kier molecular flexibility index (Phi) is 9.05. The molecular weight excluding hydrogens is 668 g/mol. The maximum atomic E-state index is 13.8. The van der Waals surface area contributed by atoms with Crippen molar-refractivity contribution in [3.8, 4) is 34.0 Å². The van der Waals surface area contributed by atoms with E-state index in [1.807, 2.05) is 106 Å². The zero-order valence-electron chi connectivity index (χ0n) is 25.5. The number of halogens is 2. The van der Waals surface area contributed by atoms with E-state index in [9.17, 15) is 9.59 Å². The highest BCUT2D eigenvalue weighted by molar-refractivity contribution is 9.10. The van der Waals surface area contributed by atoms with Crippen LogP contribution in [0.1, 0.15) is 46.2 Å². The van der Waals surface area contributed by atoms with Gasteiger partial charge >= 0.3 is 0 Å². The molecule has 0 saturated carbocycles. The Labute approximate surface area is 278 Å². The lowest BCUT2D eigenvalue weighted by molar-refractivity contribution is 0.267. The van der Waals surface area contributed by atoms with E-state index in [1.165, 1.54) is 0 Å². The summed E-state index contributed by atoms with van der Waals surface area (Å²) in [5.41, 5.74) is 6.50. The quantitative estimate of drug-likeness (QED) is 0.115. The van der Waals surface area contributed by atoms with E-state index in [-0.39, 0.29) is 17.7 Å². The van der Waals surface area contributed by atoms with Gasteiger partial charge in [0.25, 0.3) is 11.1 Å². The topological polar surface area (TPSA) is 116 Å². The van der Waals surface area contributed by atoms with Crippen molar-refractivity contribution in [3.63, 3.8) is 0 Å². The predicted octanol–water partition coefficient (Wildman–Crippen LogP) is 8.24. The number of ether oxygens (including phenoxy) is 2. The summed E-state index contributed by atoms with van der Waals surface area (Å²) < 4.78 is 13.0. The summed E-state index contributed by atoms with van der Waals surface area (Å²) in [6.45, 7) is 6.47. The van der Waals surface area contributed by atoms with Crippen LogP contribution in [-0.4, -0.2) is 27.0 Å². The summed E-state index contributed by atoms with van der Waals surface area (Å²) in [4.78, 5) is 27.5. The van der Waals surface area contributed by atoms with Crippen LogP contribution in [0.25, 0.3) is 22.5 Å². The van der Waals surface area contributed by atoms with Crippen molar-refractivity contribution in [2.45, 2.75) is 33.3 Å². The van der Waals surface area contributed by atoms with Crippen LogP contribution in [-0.2, 0) is 6.61 Å². The summed E-state index contributed by atoms with van der Waals surface area (Å²) in [7, 11) is 0. The molecule has 0 atom stereocenters. The van der Waals surface area contributed by atoms with Crippen LogP contribution >= 0.6 is 27.5 Å². The molecule has 0 spiro atoms. The number of H-pyrrole nitrogens is 4. The molecule has 0 amide bonds. The van der Waals surface area contributed by atoms with Gasteiger partial charge in [-0.05, 0) is 71.6 Å². The predicted molar refractivity (Wildman–Crippen MR) is 185 cm³/mol. The highest BCUT2D eigenvalue weighted by Crippen LogP contribution is 2.44. The zero-order valence-corrected chi connectivity index (χ0v) is 27.8. The summed E-state index contributed by atoms with van der Waals surface area (Å²) >= 11 is 10.1. The van der Waals surface area contributed by atoms with Gasteiger partial charge in [0.2, 0.25) is 0 Å². The molecule has 8 nitrogen and oxygen atoms in total. The maximum absolute atomic E-state index is 13.8. The van der Waals surface area contributed by atoms with Gasteiger partial charge < -0.3 is 9.47 Å². The van der Waals surface area contributed by atoms with Crippen LogP contribution in [0.4, 0.5) is 0 Å². The molecular formula is C36H32BrClN4O4. The van der Waals surface area contributed by atoms with Crippen molar-refractivity contribution in [3.05, 3.63) is 149 Å². The molecule has 2 aromatic heterocycles. The Hall–Kier alpha value is -4.73. The van der Waals surface area contributed by atoms with E-state index < -0.39 is 5.92 Å². The Bertz CT molecular complexity index is 2010. The monoisotopic (exact) mass is 698 g/mol. The molecule has 0 fully saturated rings. The largest absolute Gasteiger partial charge is 0.490 e. The van der Waals surface area contributed by atoms with E-state index in [0.29, 0.717) is 55.7 Å². The van der Waals surface area contributed by atoms with Crippen molar-refractivity contribution in [2.75, 3.05) is 6.61 Å². The van der Waals surface area contributed by atoms with Crippen molar-refractivity contribution in [1.29, 1.82) is 0 Å². The second-order valence-electron chi connectivity index (χ2n) is 11.0. The average Bonchev–Trinajstić information content (AvgIpc) is 3.61. The minimum absolute atomic E-state index is 0.214. The fourth-order valence-electron chi connectivity index (χ4n) is 5.58. The molecule has 234 valence electrons. The molecule has 0 radical (unpaired) electrons. The van der Waals surface area contributed by atoms with E-state index in [1.54, 1.807) is 0 Å². The van der Waals surface area contributed by atoms with Crippen LogP contribution in [0.2, 0.25) is 5.02 Å². The van der Waals surface area contributed by atoms with Crippen LogP contribution in [0, 0.1) is 13.8 Å². The Balaban J connectivity index is 1.57. The first-order valence-electron chi connectivity index (χ1n) is 14.8. The number of aromatic amines is 4. The number of benzene rings is 4. The fourth-order valence-corrected chi connectivity index (χ4v) is 6.35. The third kappa shape index (κ3) is 6.21. The van der Waals surface area contributed by atoms with E-state index in [2.05, 4.69) is 36.3 Å². The lowest BCUT2D eigenvalue weighted by atomic mass is 9.83. The van der Waals surface area contributed by atoms with Gasteiger partial charge in [0.1, 0.15) is 6.61 Å². The molecule has 6 aromatic rings. The molecule has 0 saturated heterocycles. The second-order valence-corrected chi connectivity index (χ2v) is 12.3. The van der Waals surface area contributed by atoms with Crippen LogP contribution in [0.15, 0.2) is 99.0 Å². The fraction of sp³-hybridized carbons (Fsp3) is 0.167. The Morgan fingerprint density at radius 2 is 1.28 bits per heavy atom. The lowest BCUT2D eigenvalue weighted by Crippen LogP contribution is -2.20. The van der Waals surface area contributed by atoms with E-state index in [4.69, 9.17) is 21.1 Å². The lowest BCUT2D eigenvalue weighted by Gasteiger charge is -2.21. The van der Waals surface area contributed by atoms with Gasteiger partial charge in [-0.25, -0.2) is 0 Å². The van der Waals surface area contributed by atoms with Crippen LogP contribution in [0.3, 0.4) is 0 Å². The molecule has 0 aliphatic carbocycles. The van der Waals surface area contributed by atoms with Crippen molar-refractivity contribution in [2.24, 2.45) is 0 Å². The van der Waals surface area contributed by atoms with Gasteiger partial charge in [-0.2, -0.15) is 0 Å². The molecule has 6 rings (SSSR count). The number of rotatable bonds is 10. The smallest absolute Gasteiger partial charge is 0.268 e. The third-order valence-electron chi connectivity index (χ3n) is 7.88.